The van der Waals surface area contributed by atoms with Crippen molar-refractivity contribution in [2.45, 2.75) is 149 Å². The summed E-state index contributed by atoms with van der Waals surface area (Å²) in [6.45, 7) is 12.1. The third kappa shape index (κ3) is 13.7. The van der Waals surface area contributed by atoms with E-state index in [-0.39, 0.29) is 0 Å². The zero-order valence-electron chi connectivity index (χ0n) is 21.5. The van der Waals surface area contributed by atoms with Gasteiger partial charge in [0.2, 0.25) is 0 Å². The number of hydrogen-bond donors (Lipinski definition) is 0. The largest absolute Gasteiger partial charge is 0.0776 e. The van der Waals surface area contributed by atoms with Gasteiger partial charge in [0, 0.05) is 0 Å². The van der Waals surface area contributed by atoms with Gasteiger partial charge in [-0.05, 0) is 36.8 Å². The summed E-state index contributed by atoms with van der Waals surface area (Å²) in [6.07, 6.45) is 25.2. The van der Waals surface area contributed by atoms with Gasteiger partial charge in [-0.1, -0.05) is 147 Å². The van der Waals surface area contributed by atoms with Crippen molar-refractivity contribution in [1.29, 1.82) is 0 Å². The Morgan fingerprint density at radius 2 is 0.800 bits per heavy atom. The van der Waals surface area contributed by atoms with Crippen molar-refractivity contribution in [3.8, 4) is 0 Å². The summed E-state index contributed by atoms with van der Waals surface area (Å²) in [5.41, 5.74) is 3.24. The highest BCUT2D eigenvalue weighted by Gasteiger charge is 2.17. The smallest absolute Gasteiger partial charge is 0.0656 e. The summed E-state index contributed by atoms with van der Waals surface area (Å²) < 4.78 is 0. The molecule has 0 bridgehead atoms. The second-order valence-electron chi connectivity index (χ2n) is 10.7. The maximum absolute atomic E-state index is 2.56. The second-order valence-corrected chi connectivity index (χ2v) is 15.8. The van der Waals surface area contributed by atoms with Gasteiger partial charge in [-0.3, -0.25) is 0 Å². The predicted octanol–water partition coefficient (Wildman–Crippen LogP) is 9.60. The molecule has 0 N–H and O–H groups in total. The molecule has 0 saturated heterocycles. The SMILES string of the molecule is CCCCCCCCCCc1cc(CCCCCCCCCC)cc([Si](C)(C)C)c1. The van der Waals surface area contributed by atoms with Crippen LogP contribution in [0.5, 0.6) is 0 Å². The van der Waals surface area contributed by atoms with E-state index in [0.29, 0.717) is 0 Å². The van der Waals surface area contributed by atoms with Crippen LogP contribution in [0.3, 0.4) is 0 Å². The van der Waals surface area contributed by atoms with E-state index in [2.05, 4.69) is 51.7 Å². The molecular weight excluding hydrogens is 376 g/mol. The first-order valence-electron chi connectivity index (χ1n) is 13.6. The molecule has 1 aromatic rings. The van der Waals surface area contributed by atoms with Crippen molar-refractivity contribution in [1.82, 2.24) is 0 Å². The van der Waals surface area contributed by atoms with E-state index in [1.165, 1.54) is 116 Å². The molecule has 0 nitrogen and oxygen atoms in total. The Bertz CT molecular complexity index is 487. The lowest BCUT2D eigenvalue weighted by molar-refractivity contribution is 0.574. The van der Waals surface area contributed by atoms with E-state index in [0.717, 1.165) is 0 Å². The molecule has 0 amide bonds. The first-order valence-corrected chi connectivity index (χ1v) is 17.1. The van der Waals surface area contributed by atoms with Gasteiger partial charge in [0.25, 0.3) is 0 Å². The lowest BCUT2D eigenvalue weighted by atomic mass is 9.99. The molecule has 0 aliphatic carbocycles. The molecule has 1 aromatic carbocycles. The number of unbranched alkanes of at least 4 members (excludes halogenated alkanes) is 14. The van der Waals surface area contributed by atoms with Gasteiger partial charge < -0.3 is 0 Å². The van der Waals surface area contributed by atoms with E-state index in [1.807, 2.05) is 0 Å². The first-order chi connectivity index (χ1) is 14.5. The van der Waals surface area contributed by atoms with Crippen LogP contribution in [0.25, 0.3) is 0 Å². The Morgan fingerprint density at radius 1 is 0.467 bits per heavy atom. The van der Waals surface area contributed by atoms with Crippen molar-refractivity contribution in [3.05, 3.63) is 29.3 Å². The molecular formula is C29H54Si. The highest BCUT2D eigenvalue weighted by atomic mass is 28.3. The van der Waals surface area contributed by atoms with Crippen LogP contribution in [-0.2, 0) is 12.8 Å². The number of rotatable bonds is 19. The molecule has 0 radical (unpaired) electrons. The highest BCUT2D eigenvalue weighted by Crippen LogP contribution is 2.17. The maximum atomic E-state index is 2.56. The number of aryl methyl sites for hydroxylation is 2. The van der Waals surface area contributed by atoms with Gasteiger partial charge in [0.05, 0.1) is 8.07 Å². The first kappa shape index (κ1) is 27.5. The Labute approximate surface area is 191 Å². The van der Waals surface area contributed by atoms with Gasteiger partial charge in [-0.25, -0.2) is 0 Å². The summed E-state index contributed by atoms with van der Waals surface area (Å²) in [6, 6.07) is 7.67. The molecule has 0 aliphatic rings. The molecule has 0 atom stereocenters. The van der Waals surface area contributed by atoms with Gasteiger partial charge in [-0.2, -0.15) is 0 Å². The molecule has 1 heteroatoms. The van der Waals surface area contributed by atoms with Crippen LogP contribution in [0.4, 0.5) is 0 Å². The van der Waals surface area contributed by atoms with Crippen LogP contribution in [0, 0.1) is 0 Å². The number of hydrogen-bond acceptors (Lipinski definition) is 0. The highest BCUT2D eigenvalue weighted by molar-refractivity contribution is 6.88. The molecule has 0 spiro atoms. The van der Waals surface area contributed by atoms with E-state index in [1.54, 1.807) is 16.3 Å². The van der Waals surface area contributed by atoms with Crippen LogP contribution in [0.1, 0.15) is 128 Å². The van der Waals surface area contributed by atoms with E-state index < -0.39 is 8.07 Å². The monoisotopic (exact) mass is 430 g/mol. The summed E-state index contributed by atoms with van der Waals surface area (Å²) in [5.74, 6) is 0. The normalized spacial score (nSPS) is 11.9. The molecule has 0 fully saturated rings. The minimum absolute atomic E-state index is 1.24. The quantitative estimate of drug-likeness (QED) is 0.151. The van der Waals surface area contributed by atoms with Crippen molar-refractivity contribution in [2.75, 3.05) is 0 Å². The fraction of sp³-hybridized carbons (Fsp3) is 0.793. The van der Waals surface area contributed by atoms with E-state index in [4.69, 9.17) is 0 Å². The van der Waals surface area contributed by atoms with Crippen LogP contribution in [0.2, 0.25) is 19.6 Å². The molecule has 0 heterocycles. The van der Waals surface area contributed by atoms with Gasteiger partial charge in [0.15, 0.2) is 0 Å². The molecule has 174 valence electrons. The van der Waals surface area contributed by atoms with E-state index >= 15 is 0 Å². The summed E-state index contributed by atoms with van der Waals surface area (Å²) >= 11 is 0. The van der Waals surface area contributed by atoms with Gasteiger partial charge in [-0.15, -0.1) is 0 Å². The molecule has 30 heavy (non-hydrogen) atoms. The third-order valence-corrected chi connectivity index (χ3v) is 8.58. The Morgan fingerprint density at radius 3 is 1.13 bits per heavy atom. The summed E-state index contributed by atoms with van der Waals surface area (Å²) in [4.78, 5) is 0. The molecule has 0 aliphatic heterocycles. The fourth-order valence-corrected chi connectivity index (χ4v) is 5.65. The minimum atomic E-state index is -1.24. The average Bonchev–Trinajstić information content (AvgIpc) is 2.71. The average molecular weight is 431 g/mol. The Kier molecular flexibility index (Phi) is 15.6. The number of benzene rings is 1. The fourth-order valence-electron chi connectivity index (χ4n) is 4.41. The van der Waals surface area contributed by atoms with Crippen LogP contribution in [0.15, 0.2) is 18.2 Å². The van der Waals surface area contributed by atoms with E-state index in [9.17, 15) is 0 Å². The summed E-state index contributed by atoms with van der Waals surface area (Å²) in [5, 5.41) is 1.68. The van der Waals surface area contributed by atoms with Crippen LogP contribution >= 0.6 is 0 Å². The molecule has 0 unspecified atom stereocenters. The van der Waals surface area contributed by atoms with Gasteiger partial charge >= 0.3 is 0 Å². The van der Waals surface area contributed by atoms with Crippen LogP contribution in [-0.4, -0.2) is 8.07 Å². The minimum Gasteiger partial charge on any atom is -0.0656 e. The van der Waals surface area contributed by atoms with Crippen molar-refractivity contribution in [3.63, 3.8) is 0 Å². The predicted molar refractivity (Wildman–Crippen MR) is 142 cm³/mol. The van der Waals surface area contributed by atoms with Crippen molar-refractivity contribution < 1.29 is 0 Å². The third-order valence-electron chi connectivity index (χ3n) is 6.56. The Hall–Kier alpha value is -0.563. The lowest BCUT2D eigenvalue weighted by Crippen LogP contribution is -2.38. The lowest BCUT2D eigenvalue weighted by Gasteiger charge is -2.20. The molecule has 1 rings (SSSR count). The molecule has 0 aromatic heterocycles. The zero-order chi connectivity index (χ0) is 22.1. The van der Waals surface area contributed by atoms with Crippen LogP contribution < -0.4 is 5.19 Å². The van der Waals surface area contributed by atoms with Crippen molar-refractivity contribution >= 4 is 13.3 Å². The van der Waals surface area contributed by atoms with Crippen molar-refractivity contribution in [2.24, 2.45) is 0 Å². The summed E-state index contributed by atoms with van der Waals surface area (Å²) in [7, 11) is -1.24. The molecule has 0 saturated carbocycles. The Balaban J connectivity index is 2.40. The topological polar surface area (TPSA) is 0 Å². The maximum Gasteiger partial charge on any atom is 0.0776 e. The standard InChI is InChI=1S/C29H54Si/c1-6-8-10-12-14-16-18-20-22-27-24-28(26-29(25-27)30(3,4)5)23-21-19-17-15-13-11-9-7-2/h24-26H,6-23H2,1-5H3. The second kappa shape index (κ2) is 17.0. The zero-order valence-corrected chi connectivity index (χ0v) is 22.5. The van der Waals surface area contributed by atoms with Gasteiger partial charge in [0.1, 0.15) is 0 Å².